The first kappa shape index (κ1) is 20.5. The van der Waals surface area contributed by atoms with E-state index in [0.29, 0.717) is 23.1 Å². The molecule has 2 saturated carbocycles. The molecule has 6 nitrogen and oxygen atoms in total. The number of benzene rings is 2. The molecule has 166 valence electrons. The van der Waals surface area contributed by atoms with Gasteiger partial charge in [0.05, 0.1) is 23.1 Å². The van der Waals surface area contributed by atoms with Crippen LogP contribution in [0.4, 0.5) is 5.69 Å². The zero-order valence-corrected chi connectivity index (χ0v) is 19.1. The van der Waals surface area contributed by atoms with Crippen LogP contribution in [0.2, 0.25) is 0 Å². The normalized spacial score (nSPS) is 30.8. The van der Waals surface area contributed by atoms with Gasteiger partial charge in [-0.1, -0.05) is 40.2 Å². The number of allylic oxidation sites excluding steroid dienone is 2. The highest BCUT2D eigenvalue weighted by molar-refractivity contribution is 9.10. The Morgan fingerprint density at radius 1 is 0.848 bits per heavy atom. The van der Waals surface area contributed by atoms with Gasteiger partial charge in [-0.25, -0.2) is 4.79 Å². The van der Waals surface area contributed by atoms with E-state index >= 15 is 0 Å². The lowest BCUT2D eigenvalue weighted by atomic mass is 9.63. The average molecular weight is 506 g/mol. The zero-order chi connectivity index (χ0) is 22.9. The number of amides is 2. The summed E-state index contributed by atoms with van der Waals surface area (Å²) < 4.78 is 6.01. The van der Waals surface area contributed by atoms with Gasteiger partial charge >= 0.3 is 5.97 Å². The van der Waals surface area contributed by atoms with Crippen LogP contribution in [0, 0.1) is 35.5 Å². The Balaban J connectivity index is 1.14. The third-order valence-electron chi connectivity index (χ3n) is 7.52. The van der Waals surface area contributed by atoms with Gasteiger partial charge in [-0.05, 0) is 66.5 Å². The van der Waals surface area contributed by atoms with E-state index in [2.05, 4.69) is 28.1 Å². The molecule has 1 aliphatic heterocycles. The summed E-state index contributed by atoms with van der Waals surface area (Å²) in [6.45, 7) is -0.368. The topological polar surface area (TPSA) is 80.8 Å². The second-order valence-corrected chi connectivity index (χ2v) is 10.1. The number of imide groups is 1. The van der Waals surface area contributed by atoms with E-state index in [1.807, 2.05) is 0 Å². The summed E-state index contributed by atoms with van der Waals surface area (Å²) >= 11 is 3.31. The Morgan fingerprint density at radius 3 is 1.97 bits per heavy atom. The molecule has 33 heavy (non-hydrogen) atoms. The smallest absolute Gasteiger partial charge is 0.338 e. The third kappa shape index (κ3) is 3.21. The molecular weight excluding hydrogens is 486 g/mol. The summed E-state index contributed by atoms with van der Waals surface area (Å²) in [6.07, 6.45) is 5.41. The predicted molar refractivity (Wildman–Crippen MR) is 122 cm³/mol. The molecule has 6 atom stereocenters. The number of hydrogen-bond acceptors (Lipinski definition) is 5. The Labute approximate surface area is 198 Å². The molecule has 2 aromatic carbocycles. The maximum Gasteiger partial charge on any atom is 0.338 e. The number of carbonyl (C=O) groups excluding carboxylic acids is 4. The number of esters is 1. The summed E-state index contributed by atoms with van der Waals surface area (Å²) in [7, 11) is 0. The van der Waals surface area contributed by atoms with E-state index in [1.54, 1.807) is 36.4 Å². The van der Waals surface area contributed by atoms with Crippen molar-refractivity contribution in [2.24, 2.45) is 35.5 Å². The number of nitrogens with zero attached hydrogens (tertiary/aromatic N) is 1. The Bertz CT molecular complexity index is 1180. The predicted octanol–water partition coefficient (Wildman–Crippen LogP) is 4.05. The van der Waals surface area contributed by atoms with Crippen LogP contribution in [-0.2, 0) is 14.3 Å². The molecule has 2 amide bonds. The molecule has 0 aromatic heterocycles. The molecule has 0 N–H and O–H groups in total. The monoisotopic (exact) mass is 505 g/mol. The van der Waals surface area contributed by atoms with Gasteiger partial charge in [-0.3, -0.25) is 19.3 Å². The molecule has 7 heteroatoms. The number of carbonyl (C=O) groups is 4. The highest BCUT2D eigenvalue weighted by atomic mass is 79.9. The summed E-state index contributed by atoms with van der Waals surface area (Å²) in [6, 6.07) is 13.0. The second kappa shape index (κ2) is 7.48. The number of ether oxygens (including phenoxy) is 1. The van der Waals surface area contributed by atoms with Crippen molar-refractivity contribution in [3.8, 4) is 0 Å². The Kier molecular flexibility index (Phi) is 4.66. The van der Waals surface area contributed by atoms with E-state index in [9.17, 15) is 19.2 Å². The minimum atomic E-state index is -0.637. The first-order chi connectivity index (χ1) is 15.9. The van der Waals surface area contributed by atoms with Gasteiger partial charge in [-0.2, -0.15) is 0 Å². The zero-order valence-electron chi connectivity index (χ0n) is 17.5. The molecule has 7 rings (SSSR count). The Hall–Kier alpha value is -3.06. The number of Topliss-reactive ketones (excluding diaryl/α,β-unsaturated/α-hetero) is 1. The van der Waals surface area contributed by atoms with Crippen molar-refractivity contribution in [1.29, 1.82) is 0 Å². The molecule has 3 fully saturated rings. The second-order valence-electron chi connectivity index (χ2n) is 9.22. The summed E-state index contributed by atoms with van der Waals surface area (Å²) in [5.41, 5.74) is 1.17. The van der Waals surface area contributed by atoms with E-state index in [1.165, 1.54) is 17.0 Å². The van der Waals surface area contributed by atoms with Crippen LogP contribution in [0.1, 0.15) is 27.1 Å². The van der Waals surface area contributed by atoms with Crippen molar-refractivity contribution in [3.05, 3.63) is 76.3 Å². The quantitative estimate of drug-likeness (QED) is 0.265. The van der Waals surface area contributed by atoms with Crippen molar-refractivity contribution in [3.63, 3.8) is 0 Å². The number of anilines is 1. The summed E-state index contributed by atoms with van der Waals surface area (Å²) in [5, 5.41) is 0. The fourth-order valence-corrected chi connectivity index (χ4v) is 6.16. The molecule has 1 heterocycles. The number of ketones is 1. The number of halogens is 1. The fraction of sp³-hybridized carbons (Fsp3) is 0.308. The van der Waals surface area contributed by atoms with E-state index in [0.717, 1.165) is 10.9 Å². The minimum absolute atomic E-state index is 0.134. The molecule has 1 saturated heterocycles. The molecule has 0 unspecified atom stereocenters. The minimum Gasteiger partial charge on any atom is -0.454 e. The van der Waals surface area contributed by atoms with Gasteiger partial charge in [-0.15, -0.1) is 0 Å². The van der Waals surface area contributed by atoms with Gasteiger partial charge in [0.2, 0.25) is 11.8 Å². The van der Waals surface area contributed by atoms with Crippen molar-refractivity contribution in [2.45, 2.75) is 6.42 Å². The van der Waals surface area contributed by atoms with Crippen LogP contribution in [0.3, 0.4) is 0 Å². The molecule has 5 aliphatic rings. The molecule has 2 aromatic rings. The summed E-state index contributed by atoms with van der Waals surface area (Å²) in [5.74, 6) is -0.281. The van der Waals surface area contributed by atoms with Gasteiger partial charge < -0.3 is 4.74 Å². The molecule has 2 bridgehead atoms. The standard InChI is InChI=1S/C26H20BrNO5/c27-15-5-1-13(2-6-15)21(29)12-33-26(32)14-3-7-16(8-4-14)28-24(30)22-17-9-10-18(20-11-19(17)20)23(22)25(28)31/h1-10,17-20,22-23H,11-12H2/t17-,18-,19-,20-,22+,23+/m0/s1. The largest absolute Gasteiger partial charge is 0.454 e. The van der Waals surface area contributed by atoms with Gasteiger partial charge in [0.15, 0.2) is 12.4 Å². The van der Waals surface area contributed by atoms with Crippen LogP contribution >= 0.6 is 15.9 Å². The van der Waals surface area contributed by atoms with Crippen LogP contribution in [0.25, 0.3) is 0 Å². The first-order valence-corrected chi connectivity index (χ1v) is 11.9. The van der Waals surface area contributed by atoms with Crippen molar-refractivity contribution in [2.75, 3.05) is 11.5 Å². The van der Waals surface area contributed by atoms with Crippen molar-refractivity contribution >= 4 is 45.2 Å². The fourth-order valence-electron chi connectivity index (χ4n) is 5.89. The lowest BCUT2D eigenvalue weighted by Gasteiger charge is -2.37. The summed E-state index contributed by atoms with van der Waals surface area (Å²) in [4.78, 5) is 52.3. The van der Waals surface area contributed by atoms with Gasteiger partial charge in [0, 0.05) is 10.0 Å². The highest BCUT2D eigenvalue weighted by Crippen LogP contribution is 2.65. The number of rotatable bonds is 5. The maximum atomic E-state index is 13.2. The molecule has 4 aliphatic carbocycles. The third-order valence-corrected chi connectivity index (χ3v) is 8.05. The molecule has 0 spiro atoms. The SMILES string of the molecule is O=C(COC(=O)c1ccc(N2C(=O)[C@@H]3[C@H]4C=C[C@@H]([C@@H]5C[C@@H]45)[C@H]3C2=O)cc1)c1ccc(Br)cc1. The Morgan fingerprint density at radius 2 is 1.39 bits per heavy atom. The average Bonchev–Trinajstić information content (AvgIpc) is 3.61. The van der Waals surface area contributed by atoms with Crippen LogP contribution in [0.5, 0.6) is 0 Å². The van der Waals surface area contributed by atoms with Crippen LogP contribution in [0.15, 0.2) is 65.2 Å². The molecule has 0 radical (unpaired) electrons. The van der Waals surface area contributed by atoms with E-state index < -0.39 is 5.97 Å². The molecular formula is C26H20BrNO5. The van der Waals surface area contributed by atoms with Crippen molar-refractivity contribution < 1.29 is 23.9 Å². The van der Waals surface area contributed by atoms with E-state index in [4.69, 9.17) is 4.74 Å². The van der Waals surface area contributed by atoms with E-state index in [-0.39, 0.29) is 53.4 Å². The first-order valence-electron chi connectivity index (χ1n) is 11.1. The number of hydrogen-bond donors (Lipinski definition) is 0. The highest BCUT2D eigenvalue weighted by Gasteiger charge is 2.67. The van der Waals surface area contributed by atoms with Crippen LogP contribution in [-0.4, -0.2) is 30.2 Å². The van der Waals surface area contributed by atoms with Crippen molar-refractivity contribution in [1.82, 2.24) is 0 Å². The lowest BCUT2D eigenvalue weighted by Crippen LogP contribution is -2.40. The van der Waals surface area contributed by atoms with Gasteiger partial charge in [0.1, 0.15) is 0 Å². The van der Waals surface area contributed by atoms with Gasteiger partial charge in [0.25, 0.3) is 0 Å². The maximum absolute atomic E-state index is 13.2. The lowest BCUT2D eigenvalue weighted by molar-refractivity contribution is -0.124. The van der Waals surface area contributed by atoms with Crippen LogP contribution < -0.4 is 4.90 Å².